The lowest BCUT2D eigenvalue weighted by atomic mass is 10.0. The molecular formula is C28H29ClN6O3. The van der Waals surface area contributed by atoms with Crippen LogP contribution in [-0.4, -0.2) is 26.5 Å². The zero-order valence-electron chi connectivity index (χ0n) is 21.6. The summed E-state index contributed by atoms with van der Waals surface area (Å²) in [6, 6.07) is 12.7. The Kier molecular flexibility index (Phi) is 7.97. The monoisotopic (exact) mass is 532 g/mol. The molecule has 0 radical (unpaired) electrons. The molecule has 2 heterocycles. The van der Waals surface area contributed by atoms with E-state index < -0.39 is 12.0 Å². The maximum absolute atomic E-state index is 12.8. The molecule has 4 N–H and O–H groups in total. The largest absolute Gasteiger partial charge is 0.417 e. The molecule has 4 rings (SSSR count). The highest BCUT2D eigenvalue weighted by Gasteiger charge is 2.20. The highest BCUT2D eigenvalue weighted by molar-refractivity contribution is 6.34. The van der Waals surface area contributed by atoms with Gasteiger partial charge in [0.2, 0.25) is 11.9 Å². The van der Waals surface area contributed by atoms with Crippen molar-refractivity contribution in [3.63, 3.8) is 0 Å². The number of rotatable bonds is 8. The van der Waals surface area contributed by atoms with E-state index in [4.69, 9.17) is 22.1 Å². The van der Waals surface area contributed by atoms with E-state index >= 15 is 0 Å². The molecule has 0 unspecified atom stereocenters. The van der Waals surface area contributed by atoms with E-state index in [9.17, 15) is 9.59 Å². The molecule has 196 valence electrons. The Morgan fingerprint density at radius 1 is 1.11 bits per heavy atom. The third-order valence-corrected chi connectivity index (χ3v) is 6.54. The number of amides is 2. The summed E-state index contributed by atoms with van der Waals surface area (Å²) in [5.41, 5.74) is 11.2. The lowest BCUT2D eigenvalue weighted by Gasteiger charge is -2.14. The van der Waals surface area contributed by atoms with Crippen molar-refractivity contribution >= 4 is 40.9 Å². The van der Waals surface area contributed by atoms with Crippen LogP contribution in [0.2, 0.25) is 5.02 Å². The van der Waals surface area contributed by atoms with Gasteiger partial charge < -0.3 is 20.4 Å². The van der Waals surface area contributed by atoms with Gasteiger partial charge in [0.25, 0.3) is 0 Å². The van der Waals surface area contributed by atoms with Gasteiger partial charge in [0, 0.05) is 30.7 Å². The summed E-state index contributed by atoms with van der Waals surface area (Å²) in [6.45, 7) is 5.92. The van der Waals surface area contributed by atoms with E-state index in [2.05, 4.69) is 20.6 Å². The Morgan fingerprint density at radius 3 is 2.45 bits per heavy atom. The third-order valence-electron chi connectivity index (χ3n) is 6.17. The van der Waals surface area contributed by atoms with E-state index in [1.807, 2.05) is 39.0 Å². The molecule has 2 aromatic carbocycles. The van der Waals surface area contributed by atoms with Crippen molar-refractivity contribution in [1.82, 2.24) is 14.5 Å². The molecule has 0 saturated carbocycles. The average molecular weight is 533 g/mol. The van der Waals surface area contributed by atoms with Crippen LogP contribution in [0.3, 0.4) is 0 Å². The number of para-hydroxylation sites is 1. The fourth-order valence-electron chi connectivity index (χ4n) is 4.19. The average Bonchev–Trinajstić information content (AvgIpc) is 3.17. The number of nitrogens with one attached hydrogen (secondary N) is 2. The zero-order chi connectivity index (χ0) is 27.4. The number of halogens is 1. The Labute approximate surface area is 226 Å². The number of benzene rings is 2. The highest BCUT2D eigenvalue weighted by Crippen LogP contribution is 2.37. The van der Waals surface area contributed by atoms with Gasteiger partial charge in [0.05, 0.1) is 17.1 Å². The molecule has 2 amide bonds. The third kappa shape index (κ3) is 5.63. The Balaban J connectivity index is 1.56. The van der Waals surface area contributed by atoms with E-state index in [0.29, 0.717) is 22.9 Å². The van der Waals surface area contributed by atoms with Crippen molar-refractivity contribution in [2.75, 3.05) is 10.6 Å². The van der Waals surface area contributed by atoms with Crippen molar-refractivity contribution in [3.8, 4) is 17.1 Å². The zero-order valence-corrected chi connectivity index (χ0v) is 22.4. The number of primary amides is 1. The number of ether oxygens (including phenoxy) is 1. The number of anilines is 3. The fourth-order valence-corrected chi connectivity index (χ4v) is 4.51. The fraction of sp³-hybridized carbons (Fsp3) is 0.214. The topological polar surface area (TPSA) is 124 Å². The predicted octanol–water partition coefficient (Wildman–Crippen LogP) is 6.02. The van der Waals surface area contributed by atoms with Gasteiger partial charge in [-0.15, -0.1) is 0 Å². The number of nitrogens with two attached hydrogens (primary N) is 1. The second-order valence-corrected chi connectivity index (χ2v) is 9.10. The van der Waals surface area contributed by atoms with Crippen LogP contribution in [0, 0.1) is 6.92 Å². The minimum absolute atomic E-state index is 0.208. The van der Waals surface area contributed by atoms with Crippen LogP contribution in [0.1, 0.15) is 40.9 Å². The molecule has 0 saturated heterocycles. The lowest BCUT2D eigenvalue weighted by Crippen LogP contribution is -2.18. The molecule has 0 atom stereocenters. The van der Waals surface area contributed by atoms with E-state index in [0.717, 1.165) is 40.9 Å². The minimum atomic E-state index is -0.625. The van der Waals surface area contributed by atoms with E-state index in [1.165, 1.54) is 0 Å². The number of hydrogen-bond acceptors (Lipinski definition) is 6. The summed E-state index contributed by atoms with van der Waals surface area (Å²) < 4.78 is 7.34. The van der Waals surface area contributed by atoms with Crippen LogP contribution < -0.4 is 21.1 Å². The van der Waals surface area contributed by atoms with Crippen LogP contribution in [-0.2, 0) is 19.9 Å². The van der Waals surface area contributed by atoms with Crippen molar-refractivity contribution in [1.29, 1.82) is 0 Å². The van der Waals surface area contributed by atoms with Crippen molar-refractivity contribution in [3.05, 3.63) is 82.1 Å². The number of nitrogens with zero attached hydrogens (tertiary/aromatic N) is 3. The first-order valence-corrected chi connectivity index (χ1v) is 12.5. The quantitative estimate of drug-likeness (QED) is 0.255. The molecule has 0 aliphatic rings. The van der Waals surface area contributed by atoms with Gasteiger partial charge in [-0.05, 0) is 60.7 Å². The predicted molar refractivity (Wildman–Crippen MR) is 149 cm³/mol. The van der Waals surface area contributed by atoms with Crippen molar-refractivity contribution in [2.24, 2.45) is 12.8 Å². The molecule has 4 aromatic rings. The molecule has 10 heteroatoms. The molecule has 0 fully saturated rings. The summed E-state index contributed by atoms with van der Waals surface area (Å²) >= 11 is 6.66. The first kappa shape index (κ1) is 26.7. The van der Waals surface area contributed by atoms with Crippen LogP contribution in [0.15, 0.2) is 54.9 Å². The molecule has 0 spiro atoms. The Morgan fingerprint density at radius 2 is 1.82 bits per heavy atom. The molecule has 0 aliphatic carbocycles. The summed E-state index contributed by atoms with van der Waals surface area (Å²) in [5, 5.41) is 6.28. The van der Waals surface area contributed by atoms with Crippen molar-refractivity contribution < 1.29 is 14.3 Å². The van der Waals surface area contributed by atoms with E-state index in [1.54, 1.807) is 48.3 Å². The van der Waals surface area contributed by atoms with Gasteiger partial charge in [-0.25, -0.2) is 14.8 Å². The van der Waals surface area contributed by atoms with Crippen LogP contribution in [0.5, 0.6) is 5.75 Å². The van der Waals surface area contributed by atoms with Gasteiger partial charge in [-0.1, -0.05) is 43.6 Å². The molecule has 9 nitrogen and oxygen atoms in total. The Bertz CT molecular complexity index is 1490. The second-order valence-electron chi connectivity index (χ2n) is 8.72. The summed E-state index contributed by atoms with van der Waals surface area (Å²) in [6.07, 6.45) is 4.16. The van der Waals surface area contributed by atoms with Crippen LogP contribution in [0.4, 0.5) is 22.1 Å². The first-order valence-electron chi connectivity index (χ1n) is 12.2. The SMILES string of the molecule is CCc1cccc(CC)c1NC(=O)Oc1cn(C)c(-c2ccnc(Nc3ccc(C(N)=O)cc3C)n2)c1Cl. The second kappa shape index (κ2) is 11.4. The Hall–Kier alpha value is -4.37. The minimum Gasteiger partial charge on any atom is -0.407 e. The molecule has 0 bridgehead atoms. The number of carbonyl (C=O) groups excluding carboxylic acids is 2. The van der Waals surface area contributed by atoms with Gasteiger partial charge in [0.15, 0.2) is 5.75 Å². The normalized spacial score (nSPS) is 10.8. The number of aromatic nitrogens is 3. The highest BCUT2D eigenvalue weighted by atomic mass is 35.5. The van der Waals surface area contributed by atoms with Crippen LogP contribution in [0.25, 0.3) is 11.4 Å². The standard InChI is InChI=1S/C28H29ClN6O3/c1-5-17-8-7-9-18(6-2)24(17)34-28(37)38-22-15-35(4)25(23(22)29)21-12-13-31-27(33-21)32-20-11-10-19(26(30)36)14-16(20)3/h7-15H,5-6H2,1-4H3,(H2,30,36)(H,34,37)(H,31,32,33). The van der Waals surface area contributed by atoms with E-state index in [-0.39, 0.29) is 10.8 Å². The summed E-state index contributed by atoms with van der Waals surface area (Å²) in [4.78, 5) is 33.1. The maximum Gasteiger partial charge on any atom is 0.417 e. The number of carbonyl (C=O) groups is 2. The smallest absolute Gasteiger partial charge is 0.407 e. The van der Waals surface area contributed by atoms with Gasteiger partial charge in [-0.3, -0.25) is 10.1 Å². The van der Waals surface area contributed by atoms with Gasteiger partial charge >= 0.3 is 6.09 Å². The maximum atomic E-state index is 12.8. The molecular weight excluding hydrogens is 504 g/mol. The van der Waals surface area contributed by atoms with Crippen LogP contribution >= 0.6 is 11.6 Å². The first-order chi connectivity index (χ1) is 18.2. The summed E-state index contributed by atoms with van der Waals surface area (Å²) in [5.74, 6) is 0.0428. The number of hydrogen-bond donors (Lipinski definition) is 3. The van der Waals surface area contributed by atoms with Gasteiger partial charge in [-0.2, -0.15) is 0 Å². The molecule has 38 heavy (non-hydrogen) atoms. The van der Waals surface area contributed by atoms with Crippen molar-refractivity contribution in [2.45, 2.75) is 33.6 Å². The number of aryl methyl sites for hydroxylation is 4. The summed E-state index contributed by atoms with van der Waals surface area (Å²) in [7, 11) is 1.79. The lowest BCUT2D eigenvalue weighted by molar-refractivity contribution is 0.1000. The molecule has 2 aromatic heterocycles. The van der Waals surface area contributed by atoms with Gasteiger partial charge in [0.1, 0.15) is 5.02 Å². The molecule has 0 aliphatic heterocycles.